The maximum atomic E-state index is 5.89. The zero-order valence-corrected chi connectivity index (χ0v) is 14.6. The molecule has 0 unspecified atom stereocenters. The van der Waals surface area contributed by atoms with Gasteiger partial charge in [0, 0.05) is 17.3 Å². The van der Waals surface area contributed by atoms with Gasteiger partial charge in [-0.05, 0) is 48.4 Å². The Labute approximate surface area is 144 Å². The third-order valence-corrected chi connectivity index (χ3v) is 4.03. The van der Waals surface area contributed by atoms with Gasteiger partial charge in [0.15, 0.2) is 0 Å². The van der Waals surface area contributed by atoms with Crippen LogP contribution >= 0.6 is 11.6 Å². The molecule has 2 aromatic carbocycles. The highest BCUT2D eigenvalue weighted by atomic mass is 35.5. The van der Waals surface area contributed by atoms with E-state index in [-0.39, 0.29) is 0 Å². The predicted molar refractivity (Wildman–Crippen MR) is 99.5 cm³/mol. The van der Waals surface area contributed by atoms with Gasteiger partial charge in [-0.1, -0.05) is 56.3 Å². The van der Waals surface area contributed by atoms with E-state index in [2.05, 4.69) is 24.4 Å². The fourth-order valence-electron chi connectivity index (χ4n) is 2.37. The van der Waals surface area contributed by atoms with Crippen molar-refractivity contribution in [3.63, 3.8) is 0 Å². The first-order valence-corrected chi connectivity index (χ1v) is 8.87. The molecule has 2 aromatic rings. The third-order valence-electron chi connectivity index (χ3n) is 3.78. The van der Waals surface area contributed by atoms with Crippen LogP contribution in [0.15, 0.2) is 48.5 Å². The summed E-state index contributed by atoms with van der Waals surface area (Å²) in [5.74, 6) is 0.942. The molecule has 2 rings (SSSR count). The summed E-state index contributed by atoms with van der Waals surface area (Å²) in [6, 6.07) is 16.1. The lowest BCUT2D eigenvalue weighted by Crippen LogP contribution is -2.00. The molecule has 0 aliphatic rings. The Kier molecular flexibility index (Phi) is 7.82. The van der Waals surface area contributed by atoms with E-state index < -0.39 is 0 Å². The van der Waals surface area contributed by atoms with E-state index in [1.54, 1.807) is 0 Å². The van der Waals surface area contributed by atoms with Crippen LogP contribution in [0, 0.1) is 0 Å². The molecule has 0 aromatic heterocycles. The summed E-state index contributed by atoms with van der Waals surface area (Å²) in [6.45, 7) is 3.83. The molecular weight excluding hydrogens is 306 g/mol. The van der Waals surface area contributed by atoms with Crippen LogP contribution in [0.1, 0.15) is 44.6 Å². The first-order valence-electron chi connectivity index (χ1n) is 8.49. The predicted octanol–water partition coefficient (Wildman–Crippen LogP) is 6.30. The van der Waals surface area contributed by atoms with E-state index in [1.807, 2.05) is 36.4 Å². The Morgan fingerprint density at radius 3 is 2.26 bits per heavy atom. The van der Waals surface area contributed by atoms with Crippen molar-refractivity contribution in [1.82, 2.24) is 0 Å². The lowest BCUT2D eigenvalue weighted by Gasteiger charge is -2.09. The molecular formula is C20H26ClNO. The average molecular weight is 332 g/mol. The van der Waals surface area contributed by atoms with Gasteiger partial charge in [0.25, 0.3) is 0 Å². The number of unbranched alkanes of at least 4 members (excludes halogenated alkanes) is 4. The van der Waals surface area contributed by atoms with E-state index >= 15 is 0 Å². The van der Waals surface area contributed by atoms with E-state index in [0.29, 0.717) is 0 Å². The second-order valence-corrected chi connectivity index (χ2v) is 6.20. The van der Waals surface area contributed by atoms with E-state index in [0.717, 1.165) is 36.0 Å². The number of hydrogen-bond donors (Lipinski definition) is 1. The van der Waals surface area contributed by atoms with Gasteiger partial charge in [-0.15, -0.1) is 0 Å². The van der Waals surface area contributed by atoms with Gasteiger partial charge in [0.2, 0.25) is 0 Å². The number of halogens is 1. The molecule has 3 heteroatoms. The lowest BCUT2D eigenvalue weighted by molar-refractivity contribution is 0.304. The van der Waals surface area contributed by atoms with Crippen molar-refractivity contribution in [3.8, 4) is 5.75 Å². The number of benzene rings is 2. The molecule has 23 heavy (non-hydrogen) atoms. The lowest BCUT2D eigenvalue weighted by atomic mass is 10.2. The van der Waals surface area contributed by atoms with Crippen molar-refractivity contribution in [2.45, 2.75) is 45.6 Å². The van der Waals surface area contributed by atoms with Crippen molar-refractivity contribution in [1.29, 1.82) is 0 Å². The fourth-order valence-corrected chi connectivity index (χ4v) is 2.50. The number of anilines is 1. The zero-order valence-electron chi connectivity index (χ0n) is 13.9. The highest BCUT2D eigenvalue weighted by Crippen LogP contribution is 2.17. The normalized spacial score (nSPS) is 10.5. The topological polar surface area (TPSA) is 21.3 Å². The summed E-state index contributed by atoms with van der Waals surface area (Å²) in [7, 11) is 0. The van der Waals surface area contributed by atoms with E-state index in [9.17, 15) is 0 Å². The van der Waals surface area contributed by atoms with E-state index in [1.165, 1.54) is 31.2 Å². The van der Waals surface area contributed by atoms with Gasteiger partial charge >= 0.3 is 0 Å². The summed E-state index contributed by atoms with van der Waals surface area (Å²) in [6.07, 6.45) is 6.32. The minimum atomic E-state index is 0.768. The molecule has 0 saturated heterocycles. The standard InChI is InChI=1S/C20H26ClNO/c1-2-3-4-5-6-15-23-20-13-11-19(12-14-20)22-16-17-7-9-18(21)10-8-17/h7-14,22H,2-6,15-16H2,1H3. The van der Waals surface area contributed by atoms with Crippen LogP contribution < -0.4 is 10.1 Å². The summed E-state index contributed by atoms with van der Waals surface area (Å²) >= 11 is 5.89. The summed E-state index contributed by atoms with van der Waals surface area (Å²) in [4.78, 5) is 0. The SMILES string of the molecule is CCCCCCCOc1ccc(NCc2ccc(Cl)cc2)cc1. The molecule has 0 heterocycles. The maximum Gasteiger partial charge on any atom is 0.119 e. The number of ether oxygens (including phenoxy) is 1. The van der Waals surface area contributed by atoms with Crippen molar-refractivity contribution in [2.75, 3.05) is 11.9 Å². The van der Waals surface area contributed by atoms with Crippen LogP contribution in [0.4, 0.5) is 5.69 Å². The van der Waals surface area contributed by atoms with Crippen LogP contribution in [0.5, 0.6) is 5.75 Å². The number of rotatable bonds is 10. The number of hydrogen-bond acceptors (Lipinski definition) is 2. The molecule has 0 fully saturated rings. The van der Waals surface area contributed by atoms with Crippen molar-refractivity contribution in [3.05, 3.63) is 59.1 Å². The van der Waals surface area contributed by atoms with Gasteiger partial charge < -0.3 is 10.1 Å². The molecule has 0 aliphatic carbocycles. The zero-order chi connectivity index (χ0) is 16.3. The molecule has 0 spiro atoms. The third kappa shape index (κ3) is 6.96. The van der Waals surface area contributed by atoms with Crippen molar-refractivity contribution < 1.29 is 4.74 Å². The molecule has 0 saturated carbocycles. The minimum absolute atomic E-state index is 0.768. The summed E-state index contributed by atoms with van der Waals surface area (Å²) < 4.78 is 5.77. The van der Waals surface area contributed by atoms with Gasteiger partial charge in [-0.2, -0.15) is 0 Å². The molecule has 0 aliphatic heterocycles. The molecule has 0 radical (unpaired) electrons. The Morgan fingerprint density at radius 2 is 1.57 bits per heavy atom. The maximum absolute atomic E-state index is 5.89. The first-order chi connectivity index (χ1) is 11.3. The molecule has 0 atom stereocenters. The minimum Gasteiger partial charge on any atom is -0.494 e. The molecule has 124 valence electrons. The smallest absolute Gasteiger partial charge is 0.119 e. The van der Waals surface area contributed by atoms with Crippen LogP contribution in [0.3, 0.4) is 0 Å². The Morgan fingerprint density at radius 1 is 0.870 bits per heavy atom. The van der Waals surface area contributed by atoms with Crippen LogP contribution in [-0.4, -0.2) is 6.61 Å². The summed E-state index contributed by atoms with van der Waals surface area (Å²) in [5.41, 5.74) is 2.30. The fraction of sp³-hybridized carbons (Fsp3) is 0.400. The van der Waals surface area contributed by atoms with Crippen LogP contribution in [0.2, 0.25) is 5.02 Å². The summed E-state index contributed by atoms with van der Waals surface area (Å²) in [5, 5.41) is 4.17. The second kappa shape index (κ2) is 10.2. The van der Waals surface area contributed by atoms with Crippen LogP contribution in [0.25, 0.3) is 0 Å². The van der Waals surface area contributed by atoms with Gasteiger partial charge in [-0.25, -0.2) is 0 Å². The average Bonchev–Trinajstić information content (AvgIpc) is 2.58. The van der Waals surface area contributed by atoms with E-state index in [4.69, 9.17) is 16.3 Å². The Balaban J connectivity index is 1.68. The van der Waals surface area contributed by atoms with Gasteiger partial charge in [0.1, 0.15) is 5.75 Å². The Hall–Kier alpha value is -1.67. The number of nitrogens with one attached hydrogen (secondary N) is 1. The van der Waals surface area contributed by atoms with Gasteiger partial charge in [0.05, 0.1) is 6.61 Å². The Bertz CT molecular complexity index is 551. The quantitative estimate of drug-likeness (QED) is 0.516. The van der Waals surface area contributed by atoms with Crippen LogP contribution in [-0.2, 0) is 6.54 Å². The van der Waals surface area contributed by atoms with Crippen molar-refractivity contribution in [2.24, 2.45) is 0 Å². The highest BCUT2D eigenvalue weighted by Gasteiger charge is 1.97. The second-order valence-electron chi connectivity index (χ2n) is 5.77. The van der Waals surface area contributed by atoms with Gasteiger partial charge in [-0.3, -0.25) is 0 Å². The monoisotopic (exact) mass is 331 g/mol. The largest absolute Gasteiger partial charge is 0.494 e. The van der Waals surface area contributed by atoms with Crippen molar-refractivity contribution >= 4 is 17.3 Å². The molecule has 2 nitrogen and oxygen atoms in total. The molecule has 0 amide bonds. The highest BCUT2D eigenvalue weighted by molar-refractivity contribution is 6.30. The molecule has 0 bridgehead atoms. The first kappa shape index (κ1) is 17.7. The molecule has 1 N–H and O–H groups in total.